The predicted octanol–water partition coefficient (Wildman–Crippen LogP) is 5.02. The molecule has 1 unspecified atom stereocenters. The molecule has 1 fully saturated rings. The van der Waals surface area contributed by atoms with Crippen LogP contribution in [0.25, 0.3) is 0 Å². The summed E-state index contributed by atoms with van der Waals surface area (Å²) in [5, 5.41) is 5.58. The van der Waals surface area contributed by atoms with Crippen molar-refractivity contribution in [1.29, 1.82) is 0 Å². The topological polar surface area (TPSA) is 58.2 Å². The highest BCUT2D eigenvalue weighted by Crippen LogP contribution is 2.33. The van der Waals surface area contributed by atoms with E-state index < -0.39 is 11.9 Å². The molecule has 2 rings (SSSR count). The summed E-state index contributed by atoms with van der Waals surface area (Å²) in [6.07, 6.45) is 3.86. The van der Waals surface area contributed by atoms with E-state index in [0.717, 1.165) is 25.7 Å². The van der Waals surface area contributed by atoms with Crippen LogP contribution in [0.4, 0.5) is 10.1 Å². The van der Waals surface area contributed by atoms with Gasteiger partial charge in [0, 0.05) is 11.6 Å². The van der Waals surface area contributed by atoms with Gasteiger partial charge in [-0.15, -0.1) is 0 Å². The van der Waals surface area contributed by atoms with Crippen molar-refractivity contribution in [1.82, 2.24) is 5.32 Å². The van der Waals surface area contributed by atoms with Crippen LogP contribution in [-0.4, -0.2) is 17.9 Å². The Morgan fingerprint density at radius 2 is 1.74 bits per heavy atom. The van der Waals surface area contributed by atoms with E-state index in [1.165, 1.54) is 18.2 Å². The number of nitrogens with one attached hydrogen (secondary N) is 2. The number of hydrogen-bond donors (Lipinski definition) is 2. The van der Waals surface area contributed by atoms with Crippen LogP contribution < -0.4 is 10.6 Å². The average Bonchev–Trinajstić information content (AvgIpc) is 2.62. The Morgan fingerprint density at radius 3 is 2.26 bits per heavy atom. The van der Waals surface area contributed by atoms with Crippen LogP contribution in [0.1, 0.15) is 53.4 Å². The van der Waals surface area contributed by atoms with Crippen molar-refractivity contribution >= 4 is 29.1 Å². The van der Waals surface area contributed by atoms with Gasteiger partial charge >= 0.3 is 0 Å². The first-order valence-electron chi connectivity index (χ1n) is 9.75. The zero-order valence-electron chi connectivity index (χ0n) is 16.5. The summed E-state index contributed by atoms with van der Waals surface area (Å²) in [5.41, 5.74) is 0.406. The van der Waals surface area contributed by atoms with Crippen LogP contribution in [0.3, 0.4) is 0 Å². The van der Waals surface area contributed by atoms with Gasteiger partial charge in [0.1, 0.15) is 11.9 Å². The Morgan fingerprint density at radius 1 is 1.11 bits per heavy atom. The minimum Gasteiger partial charge on any atom is -0.344 e. The fraction of sp³-hybridized carbons (Fsp3) is 0.619. The van der Waals surface area contributed by atoms with Gasteiger partial charge in [-0.25, -0.2) is 4.39 Å². The Hall–Kier alpha value is -1.62. The molecule has 1 aromatic carbocycles. The molecule has 1 aliphatic carbocycles. The van der Waals surface area contributed by atoms with Crippen molar-refractivity contribution in [2.75, 3.05) is 5.32 Å². The molecule has 0 aromatic heterocycles. The van der Waals surface area contributed by atoms with E-state index in [0.29, 0.717) is 17.5 Å². The third kappa shape index (κ3) is 5.93. The molecule has 1 aromatic rings. The van der Waals surface area contributed by atoms with Gasteiger partial charge in [-0.05, 0) is 61.6 Å². The zero-order chi connectivity index (χ0) is 20.1. The van der Waals surface area contributed by atoms with Gasteiger partial charge in [0.05, 0.1) is 5.02 Å². The minimum atomic E-state index is -0.649. The van der Waals surface area contributed by atoms with Gasteiger partial charge in [0.15, 0.2) is 0 Å². The summed E-state index contributed by atoms with van der Waals surface area (Å²) in [7, 11) is 0. The number of benzene rings is 1. The van der Waals surface area contributed by atoms with Crippen molar-refractivity contribution in [3.8, 4) is 0 Å². The van der Waals surface area contributed by atoms with E-state index in [4.69, 9.17) is 11.6 Å². The standard InChI is InChI=1S/C21H30ClFN2O2/c1-12(2)14-5-7-15(8-6-14)20(26)25-19(13(3)4)21(27)24-16-9-10-18(23)17(22)11-16/h9-15,19H,5-8H2,1-4H3,(H,24,27)(H,25,26). The van der Waals surface area contributed by atoms with Crippen molar-refractivity contribution in [2.45, 2.75) is 59.4 Å². The lowest BCUT2D eigenvalue weighted by molar-refractivity contribution is -0.131. The van der Waals surface area contributed by atoms with Crippen LogP contribution in [0, 0.1) is 29.5 Å². The van der Waals surface area contributed by atoms with Crippen molar-refractivity contribution in [3.63, 3.8) is 0 Å². The van der Waals surface area contributed by atoms with Gasteiger partial charge in [0.25, 0.3) is 0 Å². The molecule has 0 heterocycles. The highest BCUT2D eigenvalue weighted by molar-refractivity contribution is 6.31. The van der Waals surface area contributed by atoms with Gasteiger partial charge in [0.2, 0.25) is 11.8 Å². The molecule has 0 spiro atoms. The maximum Gasteiger partial charge on any atom is 0.247 e. The summed E-state index contributed by atoms with van der Waals surface area (Å²) in [6.45, 7) is 8.23. The molecule has 0 bridgehead atoms. The number of halogens is 2. The lowest BCUT2D eigenvalue weighted by atomic mass is 9.76. The van der Waals surface area contributed by atoms with Crippen LogP contribution >= 0.6 is 11.6 Å². The largest absolute Gasteiger partial charge is 0.344 e. The average molecular weight is 397 g/mol. The molecule has 6 heteroatoms. The molecule has 1 aliphatic rings. The van der Waals surface area contributed by atoms with E-state index in [1.807, 2.05) is 13.8 Å². The molecule has 0 radical (unpaired) electrons. The molecular weight excluding hydrogens is 367 g/mol. The van der Waals surface area contributed by atoms with Crippen molar-refractivity contribution in [3.05, 3.63) is 29.0 Å². The second-order valence-electron chi connectivity index (χ2n) is 8.20. The second kappa shape index (κ2) is 9.54. The molecule has 2 amide bonds. The predicted molar refractivity (Wildman–Crippen MR) is 107 cm³/mol. The lowest BCUT2D eigenvalue weighted by Gasteiger charge is -2.31. The molecule has 0 aliphatic heterocycles. The van der Waals surface area contributed by atoms with E-state index in [-0.39, 0.29) is 28.7 Å². The van der Waals surface area contributed by atoms with E-state index in [9.17, 15) is 14.0 Å². The molecule has 150 valence electrons. The fourth-order valence-corrected chi connectivity index (χ4v) is 3.83. The summed E-state index contributed by atoms with van der Waals surface area (Å²) in [4.78, 5) is 25.3. The molecular formula is C21H30ClFN2O2. The van der Waals surface area contributed by atoms with Crippen LogP contribution in [-0.2, 0) is 9.59 Å². The van der Waals surface area contributed by atoms with Gasteiger partial charge in [-0.3, -0.25) is 9.59 Å². The third-order valence-electron chi connectivity index (χ3n) is 5.52. The quantitative estimate of drug-likeness (QED) is 0.709. The first-order valence-corrected chi connectivity index (χ1v) is 10.1. The fourth-order valence-electron chi connectivity index (χ4n) is 3.65. The molecule has 1 atom stereocenters. The molecule has 27 heavy (non-hydrogen) atoms. The summed E-state index contributed by atoms with van der Waals surface area (Å²) < 4.78 is 13.3. The highest BCUT2D eigenvalue weighted by atomic mass is 35.5. The summed E-state index contributed by atoms with van der Waals surface area (Å²) in [6, 6.07) is 3.37. The third-order valence-corrected chi connectivity index (χ3v) is 5.81. The van der Waals surface area contributed by atoms with Gasteiger partial charge in [-0.2, -0.15) is 0 Å². The van der Waals surface area contributed by atoms with Crippen molar-refractivity contribution < 1.29 is 14.0 Å². The molecule has 0 saturated heterocycles. The Balaban J connectivity index is 1.97. The minimum absolute atomic E-state index is 0.0330. The number of hydrogen-bond acceptors (Lipinski definition) is 2. The van der Waals surface area contributed by atoms with Crippen LogP contribution in [0.15, 0.2) is 18.2 Å². The summed E-state index contributed by atoms with van der Waals surface area (Å²) >= 11 is 5.76. The van der Waals surface area contributed by atoms with E-state index in [1.54, 1.807) is 0 Å². The smallest absolute Gasteiger partial charge is 0.247 e. The SMILES string of the molecule is CC(C)C1CCC(C(=O)NC(C(=O)Nc2ccc(F)c(Cl)c2)C(C)C)CC1. The van der Waals surface area contributed by atoms with Gasteiger partial charge < -0.3 is 10.6 Å². The van der Waals surface area contributed by atoms with E-state index in [2.05, 4.69) is 24.5 Å². The Kier molecular flexibility index (Phi) is 7.66. The Bertz CT molecular complexity index is 670. The molecule has 4 nitrogen and oxygen atoms in total. The number of rotatable bonds is 6. The van der Waals surface area contributed by atoms with Crippen molar-refractivity contribution in [2.24, 2.45) is 23.7 Å². The second-order valence-corrected chi connectivity index (χ2v) is 8.61. The first kappa shape index (κ1) is 21.7. The molecule has 2 N–H and O–H groups in total. The lowest BCUT2D eigenvalue weighted by Crippen LogP contribution is -2.49. The maximum atomic E-state index is 13.3. The first-order chi connectivity index (χ1) is 12.7. The van der Waals surface area contributed by atoms with E-state index >= 15 is 0 Å². The number of carbonyl (C=O) groups excluding carboxylic acids is 2. The zero-order valence-corrected chi connectivity index (χ0v) is 17.3. The highest BCUT2D eigenvalue weighted by Gasteiger charge is 2.31. The number of amides is 2. The number of anilines is 1. The Labute approximate surface area is 166 Å². The molecule has 1 saturated carbocycles. The maximum absolute atomic E-state index is 13.3. The summed E-state index contributed by atoms with van der Waals surface area (Å²) in [5.74, 6) is 0.304. The van der Waals surface area contributed by atoms with Crippen LogP contribution in [0.2, 0.25) is 5.02 Å². The normalized spacial score (nSPS) is 21.2. The van der Waals surface area contributed by atoms with Crippen LogP contribution in [0.5, 0.6) is 0 Å². The van der Waals surface area contributed by atoms with Gasteiger partial charge in [-0.1, -0.05) is 39.3 Å². The number of carbonyl (C=O) groups is 2. The monoisotopic (exact) mass is 396 g/mol.